The first-order chi connectivity index (χ1) is 9.52. The van der Waals surface area contributed by atoms with Gasteiger partial charge in [-0.25, -0.2) is 4.79 Å². The SMILES string of the molecule is O=C(O)N1CC=C([C@@H]2NC=C(C(O)CO)C=C2Cl)CC1. The van der Waals surface area contributed by atoms with E-state index < -0.39 is 12.2 Å². The van der Waals surface area contributed by atoms with Crippen LogP contribution in [0.2, 0.25) is 0 Å². The van der Waals surface area contributed by atoms with Crippen molar-refractivity contribution in [2.45, 2.75) is 18.6 Å². The predicted octanol–water partition coefficient (Wildman–Crippen LogP) is 0.628. The number of hydrogen-bond acceptors (Lipinski definition) is 4. The van der Waals surface area contributed by atoms with Crippen LogP contribution in [0.4, 0.5) is 4.79 Å². The molecule has 0 radical (unpaired) electrons. The molecule has 0 bridgehead atoms. The summed E-state index contributed by atoms with van der Waals surface area (Å²) in [5.41, 5.74) is 1.55. The Balaban J connectivity index is 2.05. The highest BCUT2D eigenvalue weighted by atomic mass is 35.5. The average Bonchev–Trinajstić information content (AvgIpc) is 2.46. The molecule has 0 saturated heterocycles. The van der Waals surface area contributed by atoms with E-state index in [1.807, 2.05) is 6.08 Å². The fourth-order valence-corrected chi connectivity index (χ4v) is 2.58. The van der Waals surface area contributed by atoms with Crippen molar-refractivity contribution in [3.8, 4) is 0 Å². The summed E-state index contributed by atoms with van der Waals surface area (Å²) in [4.78, 5) is 12.2. The van der Waals surface area contributed by atoms with E-state index in [4.69, 9.17) is 21.8 Å². The second-order valence-electron chi connectivity index (χ2n) is 4.73. The Morgan fingerprint density at radius 2 is 2.35 bits per heavy atom. The van der Waals surface area contributed by atoms with Gasteiger partial charge in [-0.15, -0.1) is 0 Å². The molecular weight excluding hydrogens is 284 g/mol. The third-order valence-electron chi connectivity index (χ3n) is 3.44. The van der Waals surface area contributed by atoms with Crippen molar-refractivity contribution in [2.75, 3.05) is 19.7 Å². The third-order valence-corrected chi connectivity index (χ3v) is 3.77. The highest BCUT2D eigenvalue weighted by Crippen LogP contribution is 2.26. The minimum atomic E-state index is -0.958. The number of aliphatic hydroxyl groups is 2. The van der Waals surface area contributed by atoms with Crippen LogP contribution in [0.15, 0.2) is 34.5 Å². The Labute approximate surface area is 121 Å². The van der Waals surface area contributed by atoms with E-state index in [9.17, 15) is 9.90 Å². The van der Waals surface area contributed by atoms with Gasteiger partial charge >= 0.3 is 6.09 Å². The van der Waals surface area contributed by atoms with Crippen molar-refractivity contribution in [3.63, 3.8) is 0 Å². The molecule has 20 heavy (non-hydrogen) atoms. The van der Waals surface area contributed by atoms with Crippen LogP contribution in [0.1, 0.15) is 6.42 Å². The number of amides is 1. The molecule has 2 aliphatic rings. The van der Waals surface area contributed by atoms with Gasteiger partial charge in [-0.3, -0.25) is 0 Å². The highest BCUT2D eigenvalue weighted by molar-refractivity contribution is 6.30. The zero-order valence-electron chi connectivity index (χ0n) is 10.8. The maximum atomic E-state index is 10.8. The van der Waals surface area contributed by atoms with Crippen LogP contribution < -0.4 is 5.32 Å². The first-order valence-corrected chi connectivity index (χ1v) is 6.69. The minimum Gasteiger partial charge on any atom is -0.465 e. The smallest absolute Gasteiger partial charge is 0.407 e. The van der Waals surface area contributed by atoms with Crippen LogP contribution in [0, 0.1) is 0 Å². The lowest BCUT2D eigenvalue weighted by Crippen LogP contribution is -2.39. The molecule has 0 aromatic carbocycles. The molecule has 7 heteroatoms. The fraction of sp³-hybridized carbons (Fsp3) is 0.462. The zero-order chi connectivity index (χ0) is 14.7. The van der Waals surface area contributed by atoms with E-state index in [2.05, 4.69) is 5.32 Å². The largest absolute Gasteiger partial charge is 0.465 e. The maximum absolute atomic E-state index is 10.8. The van der Waals surface area contributed by atoms with E-state index in [-0.39, 0.29) is 12.6 Å². The van der Waals surface area contributed by atoms with E-state index in [1.54, 1.807) is 12.3 Å². The molecule has 1 unspecified atom stereocenters. The topological polar surface area (TPSA) is 93.0 Å². The molecule has 1 amide bonds. The van der Waals surface area contributed by atoms with Gasteiger partial charge in [0, 0.05) is 24.3 Å². The van der Waals surface area contributed by atoms with Crippen LogP contribution in [0.3, 0.4) is 0 Å². The van der Waals surface area contributed by atoms with Crippen molar-refractivity contribution in [1.82, 2.24) is 10.2 Å². The van der Waals surface area contributed by atoms with Crippen LogP contribution in [0.25, 0.3) is 0 Å². The molecule has 110 valence electrons. The number of carbonyl (C=O) groups is 1. The molecule has 2 rings (SSSR count). The van der Waals surface area contributed by atoms with Gasteiger partial charge in [-0.1, -0.05) is 17.7 Å². The van der Waals surface area contributed by atoms with Gasteiger partial charge < -0.3 is 25.5 Å². The van der Waals surface area contributed by atoms with Crippen molar-refractivity contribution in [1.29, 1.82) is 0 Å². The predicted molar refractivity (Wildman–Crippen MR) is 74.3 cm³/mol. The number of nitrogens with one attached hydrogen (secondary N) is 1. The molecule has 0 aromatic rings. The normalized spacial score (nSPS) is 24.2. The Morgan fingerprint density at radius 1 is 1.60 bits per heavy atom. The maximum Gasteiger partial charge on any atom is 0.407 e. The van der Waals surface area contributed by atoms with Crippen LogP contribution in [-0.4, -0.2) is 58.2 Å². The Hall–Kier alpha value is -1.50. The second kappa shape index (κ2) is 6.30. The summed E-state index contributed by atoms with van der Waals surface area (Å²) >= 11 is 6.20. The number of carboxylic acid groups (broad SMARTS) is 1. The molecule has 2 atom stereocenters. The van der Waals surface area contributed by atoms with Crippen LogP contribution >= 0.6 is 11.6 Å². The summed E-state index contributed by atoms with van der Waals surface area (Å²) in [5, 5.41) is 30.9. The minimum absolute atomic E-state index is 0.192. The first kappa shape index (κ1) is 14.9. The monoisotopic (exact) mass is 300 g/mol. The molecule has 0 fully saturated rings. The van der Waals surface area contributed by atoms with Crippen LogP contribution in [-0.2, 0) is 0 Å². The van der Waals surface area contributed by atoms with Crippen molar-refractivity contribution in [2.24, 2.45) is 0 Å². The van der Waals surface area contributed by atoms with Gasteiger partial charge in [0.05, 0.1) is 12.6 Å². The van der Waals surface area contributed by atoms with Gasteiger partial charge in [0.25, 0.3) is 0 Å². The summed E-state index contributed by atoms with van der Waals surface area (Å²) in [5.74, 6) is 0. The van der Waals surface area contributed by atoms with E-state index in [0.29, 0.717) is 30.1 Å². The molecule has 2 heterocycles. The van der Waals surface area contributed by atoms with E-state index in [0.717, 1.165) is 5.57 Å². The van der Waals surface area contributed by atoms with E-state index >= 15 is 0 Å². The summed E-state index contributed by atoms with van der Waals surface area (Å²) in [6.07, 6.45) is 3.84. The summed E-state index contributed by atoms with van der Waals surface area (Å²) in [6.45, 7) is 0.428. The first-order valence-electron chi connectivity index (χ1n) is 6.32. The van der Waals surface area contributed by atoms with Gasteiger partial charge in [-0.2, -0.15) is 0 Å². The summed E-state index contributed by atoms with van der Waals surface area (Å²) < 4.78 is 0. The molecule has 0 aliphatic carbocycles. The molecule has 2 aliphatic heterocycles. The molecule has 0 aromatic heterocycles. The number of halogens is 1. The zero-order valence-corrected chi connectivity index (χ0v) is 11.5. The van der Waals surface area contributed by atoms with Crippen LogP contribution in [0.5, 0.6) is 0 Å². The van der Waals surface area contributed by atoms with Gasteiger partial charge in [0.1, 0.15) is 6.10 Å². The van der Waals surface area contributed by atoms with Crippen molar-refractivity contribution < 1.29 is 20.1 Å². The molecule has 4 N–H and O–H groups in total. The Bertz CT molecular complexity index is 487. The molecule has 0 spiro atoms. The fourth-order valence-electron chi connectivity index (χ4n) is 2.25. The number of rotatable bonds is 3. The number of nitrogens with zero attached hydrogens (tertiary/aromatic N) is 1. The molecular formula is C13H17ClN2O4. The van der Waals surface area contributed by atoms with Crippen molar-refractivity contribution >= 4 is 17.7 Å². The highest BCUT2D eigenvalue weighted by Gasteiger charge is 2.25. The average molecular weight is 301 g/mol. The lowest BCUT2D eigenvalue weighted by Gasteiger charge is -2.30. The Morgan fingerprint density at radius 3 is 2.85 bits per heavy atom. The van der Waals surface area contributed by atoms with Gasteiger partial charge in [0.2, 0.25) is 0 Å². The lowest BCUT2D eigenvalue weighted by molar-refractivity contribution is 0.124. The lowest BCUT2D eigenvalue weighted by atomic mass is 9.96. The molecule has 6 nitrogen and oxygen atoms in total. The summed E-state index contributed by atoms with van der Waals surface area (Å²) in [6, 6.07) is -0.192. The van der Waals surface area contributed by atoms with E-state index in [1.165, 1.54) is 4.90 Å². The quantitative estimate of drug-likeness (QED) is 0.574. The number of hydrogen-bond donors (Lipinski definition) is 4. The second-order valence-corrected chi connectivity index (χ2v) is 5.17. The third kappa shape index (κ3) is 3.15. The van der Waals surface area contributed by atoms with Gasteiger partial charge in [0.15, 0.2) is 0 Å². The molecule has 0 saturated carbocycles. The standard InChI is InChI=1S/C13H17ClN2O4/c14-10-5-9(11(18)7-17)6-15-12(10)8-1-3-16(4-2-8)13(19)20/h1,5-6,11-12,15,17-18H,2-4,7H2,(H,19,20)/t11?,12-/m0/s1. The number of aliphatic hydroxyl groups excluding tert-OH is 2. The van der Waals surface area contributed by atoms with Gasteiger partial charge in [-0.05, 0) is 23.6 Å². The number of dihydropyridines is 1. The summed E-state index contributed by atoms with van der Waals surface area (Å²) in [7, 11) is 0. The Kier molecular flexibility index (Phi) is 4.69. The van der Waals surface area contributed by atoms with Crippen molar-refractivity contribution in [3.05, 3.63) is 34.5 Å².